The molecular formula is C11H20N2OS. The van der Waals surface area contributed by atoms with E-state index in [4.69, 9.17) is 18.0 Å². The molecule has 0 aromatic carbocycles. The van der Waals surface area contributed by atoms with Crippen LogP contribution in [-0.4, -0.2) is 28.9 Å². The van der Waals surface area contributed by atoms with Gasteiger partial charge in [0.1, 0.15) is 0 Å². The summed E-state index contributed by atoms with van der Waals surface area (Å²) in [4.78, 5) is 14.1. The number of nitrogens with two attached hydrogens (primary N) is 1. The summed E-state index contributed by atoms with van der Waals surface area (Å²) in [6, 6.07) is 0. The molecule has 0 saturated carbocycles. The third-order valence-electron chi connectivity index (χ3n) is 3.30. The van der Waals surface area contributed by atoms with E-state index >= 15 is 0 Å². The highest BCUT2D eigenvalue weighted by Crippen LogP contribution is 2.21. The molecule has 1 aliphatic rings. The van der Waals surface area contributed by atoms with Crippen molar-refractivity contribution in [1.82, 2.24) is 4.90 Å². The van der Waals surface area contributed by atoms with Gasteiger partial charge in [0.15, 0.2) is 0 Å². The SMILES string of the molecule is CCC1CCN(C(=O)C(C)C(N)=S)CC1. The van der Waals surface area contributed by atoms with E-state index in [1.165, 1.54) is 6.42 Å². The number of hydrogen-bond donors (Lipinski definition) is 1. The molecule has 0 aliphatic carbocycles. The molecule has 1 fully saturated rings. The topological polar surface area (TPSA) is 46.3 Å². The van der Waals surface area contributed by atoms with Gasteiger partial charge in [0.05, 0.1) is 10.9 Å². The van der Waals surface area contributed by atoms with Crippen LogP contribution in [0, 0.1) is 11.8 Å². The molecule has 1 unspecified atom stereocenters. The average molecular weight is 228 g/mol. The monoisotopic (exact) mass is 228 g/mol. The maximum absolute atomic E-state index is 11.9. The Bertz CT molecular complexity index is 247. The Morgan fingerprint density at radius 2 is 2.07 bits per heavy atom. The van der Waals surface area contributed by atoms with E-state index < -0.39 is 0 Å². The van der Waals surface area contributed by atoms with Crippen LogP contribution in [0.4, 0.5) is 0 Å². The van der Waals surface area contributed by atoms with Crippen LogP contribution in [0.1, 0.15) is 33.1 Å². The lowest BCUT2D eigenvalue weighted by Gasteiger charge is -2.33. The number of carbonyl (C=O) groups excluding carboxylic acids is 1. The molecule has 1 rings (SSSR count). The smallest absolute Gasteiger partial charge is 0.232 e. The highest BCUT2D eigenvalue weighted by Gasteiger charge is 2.26. The molecule has 15 heavy (non-hydrogen) atoms. The van der Waals surface area contributed by atoms with Crippen LogP contribution in [0.3, 0.4) is 0 Å². The first-order valence-electron chi connectivity index (χ1n) is 5.64. The first-order valence-corrected chi connectivity index (χ1v) is 6.05. The zero-order chi connectivity index (χ0) is 11.4. The van der Waals surface area contributed by atoms with Gasteiger partial charge in [0.25, 0.3) is 0 Å². The van der Waals surface area contributed by atoms with E-state index in [1.807, 2.05) is 4.90 Å². The quantitative estimate of drug-likeness (QED) is 0.746. The van der Waals surface area contributed by atoms with Crippen LogP contribution in [0.2, 0.25) is 0 Å². The third-order valence-corrected chi connectivity index (χ3v) is 3.65. The lowest BCUT2D eigenvalue weighted by molar-refractivity contribution is -0.134. The molecule has 1 aliphatic heterocycles. The van der Waals surface area contributed by atoms with Gasteiger partial charge in [-0.1, -0.05) is 25.6 Å². The standard InChI is InChI=1S/C11H20N2OS/c1-3-9-4-6-13(7-5-9)11(14)8(2)10(12)15/h8-9H,3-7H2,1-2H3,(H2,12,15). The summed E-state index contributed by atoms with van der Waals surface area (Å²) in [5, 5.41) is 0. The van der Waals surface area contributed by atoms with E-state index in [2.05, 4.69) is 6.92 Å². The molecule has 1 heterocycles. The zero-order valence-electron chi connectivity index (χ0n) is 9.53. The second kappa shape index (κ2) is 5.45. The minimum atomic E-state index is -0.307. The number of carbonyl (C=O) groups is 1. The summed E-state index contributed by atoms with van der Waals surface area (Å²) in [6.07, 6.45) is 3.45. The highest BCUT2D eigenvalue weighted by atomic mass is 32.1. The van der Waals surface area contributed by atoms with Crippen molar-refractivity contribution in [3.63, 3.8) is 0 Å². The molecule has 0 spiro atoms. The largest absolute Gasteiger partial charge is 0.393 e. The van der Waals surface area contributed by atoms with Crippen molar-refractivity contribution in [3.05, 3.63) is 0 Å². The minimum absolute atomic E-state index is 0.0945. The first-order chi connectivity index (χ1) is 7.06. The molecule has 4 heteroatoms. The van der Waals surface area contributed by atoms with Crippen molar-refractivity contribution < 1.29 is 4.79 Å². The summed E-state index contributed by atoms with van der Waals surface area (Å²) >= 11 is 4.84. The number of thiocarbonyl (C=S) groups is 1. The summed E-state index contributed by atoms with van der Waals surface area (Å²) < 4.78 is 0. The first kappa shape index (κ1) is 12.4. The molecule has 86 valence electrons. The molecule has 1 amide bonds. The van der Waals surface area contributed by atoms with E-state index in [0.29, 0.717) is 4.99 Å². The van der Waals surface area contributed by atoms with Gasteiger partial charge in [-0.2, -0.15) is 0 Å². The molecule has 0 aromatic heterocycles. The number of rotatable bonds is 3. The van der Waals surface area contributed by atoms with E-state index in [9.17, 15) is 4.79 Å². The summed E-state index contributed by atoms with van der Waals surface area (Å²) in [5.74, 6) is 0.574. The number of amides is 1. The van der Waals surface area contributed by atoms with Gasteiger partial charge < -0.3 is 10.6 Å². The van der Waals surface area contributed by atoms with Crippen LogP contribution in [-0.2, 0) is 4.79 Å². The molecule has 0 aromatic rings. The Kier molecular flexibility index (Phi) is 4.51. The van der Waals surface area contributed by atoms with Crippen LogP contribution < -0.4 is 5.73 Å². The lowest BCUT2D eigenvalue weighted by atomic mass is 9.94. The van der Waals surface area contributed by atoms with Gasteiger partial charge in [0, 0.05) is 13.1 Å². The highest BCUT2D eigenvalue weighted by molar-refractivity contribution is 7.80. The summed E-state index contributed by atoms with van der Waals surface area (Å²) in [7, 11) is 0. The fourth-order valence-electron chi connectivity index (χ4n) is 1.96. The molecule has 3 nitrogen and oxygen atoms in total. The van der Waals surface area contributed by atoms with Crippen LogP contribution in [0.5, 0.6) is 0 Å². The van der Waals surface area contributed by atoms with Crippen LogP contribution >= 0.6 is 12.2 Å². The fourth-order valence-corrected chi connectivity index (χ4v) is 2.06. The molecule has 2 N–H and O–H groups in total. The maximum atomic E-state index is 11.9. The second-order valence-electron chi connectivity index (χ2n) is 4.30. The third kappa shape index (κ3) is 3.16. The Morgan fingerprint density at radius 3 is 2.47 bits per heavy atom. The number of likely N-dealkylation sites (tertiary alicyclic amines) is 1. The Hall–Kier alpha value is -0.640. The summed E-state index contributed by atoms with van der Waals surface area (Å²) in [5.41, 5.74) is 5.48. The molecule has 0 bridgehead atoms. The molecule has 0 radical (unpaired) electrons. The molecule has 1 saturated heterocycles. The van der Waals surface area contributed by atoms with Crippen molar-refractivity contribution in [2.45, 2.75) is 33.1 Å². The Labute approximate surface area is 97.0 Å². The van der Waals surface area contributed by atoms with Crippen LogP contribution in [0.15, 0.2) is 0 Å². The number of piperidine rings is 1. The predicted octanol–water partition coefficient (Wildman–Crippen LogP) is 1.56. The van der Waals surface area contributed by atoms with E-state index in [-0.39, 0.29) is 11.8 Å². The number of hydrogen-bond acceptors (Lipinski definition) is 2. The second-order valence-corrected chi connectivity index (χ2v) is 4.77. The van der Waals surface area contributed by atoms with Crippen molar-refractivity contribution >= 4 is 23.1 Å². The van der Waals surface area contributed by atoms with Gasteiger partial charge in [0.2, 0.25) is 5.91 Å². The predicted molar refractivity (Wildman–Crippen MR) is 65.5 cm³/mol. The van der Waals surface area contributed by atoms with Crippen molar-refractivity contribution in [1.29, 1.82) is 0 Å². The van der Waals surface area contributed by atoms with Gasteiger partial charge in [-0.05, 0) is 25.7 Å². The zero-order valence-corrected chi connectivity index (χ0v) is 10.3. The minimum Gasteiger partial charge on any atom is -0.393 e. The van der Waals surface area contributed by atoms with Gasteiger partial charge >= 0.3 is 0 Å². The Morgan fingerprint density at radius 1 is 1.53 bits per heavy atom. The van der Waals surface area contributed by atoms with Crippen LogP contribution in [0.25, 0.3) is 0 Å². The van der Waals surface area contributed by atoms with Crippen molar-refractivity contribution in [3.8, 4) is 0 Å². The van der Waals surface area contributed by atoms with E-state index in [1.54, 1.807) is 6.92 Å². The van der Waals surface area contributed by atoms with Crippen molar-refractivity contribution in [2.24, 2.45) is 17.6 Å². The normalized spacial score (nSPS) is 20.0. The number of nitrogens with zero attached hydrogens (tertiary/aromatic N) is 1. The Balaban J connectivity index is 2.46. The van der Waals surface area contributed by atoms with Gasteiger partial charge in [-0.3, -0.25) is 4.79 Å². The molecular weight excluding hydrogens is 208 g/mol. The van der Waals surface area contributed by atoms with Gasteiger partial charge in [-0.15, -0.1) is 0 Å². The summed E-state index contributed by atoms with van der Waals surface area (Å²) in [6.45, 7) is 5.73. The molecule has 1 atom stereocenters. The maximum Gasteiger partial charge on any atom is 0.232 e. The lowest BCUT2D eigenvalue weighted by Crippen LogP contribution is -2.44. The van der Waals surface area contributed by atoms with Crippen molar-refractivity contribution in [2.75, 3.05) is 13.1 Å². The average Bonchev–Trinajstić information content (AvgIpc) is 2.27. The van der Waals surface area contributed by atoms with Gasteiger partial charge in [-0.25, -0.2) is 0 Å². The van der Waals surface area contributed by atoms with E-state index in [0.717, 1.165) is 31.8 Å². The fraction of sp³-hybridized carbons (Fsp3) is 0.818.